The van der Waals surface area contributed by atoms with E-state index in [2.05, 4.69) is 32.2 Å². The van der Waals surface area contributed by atoms with Crippen molar-refractivity contribution in [2.24, 2.45) is 7.05 Å². The zero-order valence-corrected chi connectivity index (χ0v) is 12.8. The molecule has 5 nitrogen and oxygen atoms in total. The van der Waals surface area contributed by atoms with Gasteiger partial charge in [-0.2, -0.15) is 13.1 Å². The molecule has 0 spiro atoms. The van der Waals surface area contributed by atoms with Gasteiger partial charge in [0.05, 0.1) is 5.69 Å². The summed E-state index contributed by atoms with van der Waals surface area (Å²) in [7, 11) is -1.46. The molecule has 1 aliphatic rings. The Hall–Kier alpha value is -2.31. The molecule has 2 N–H and O–H groups in total. The van der Waals surface area contributed by atoms with Crippen molar-refractivity contribution in [3.05, 3.63) is 54.2 Å². The van der Waals surface area contributed by atoms with Crippen molar-refractivity contribution in [1.29, 1.82) is 0 Å². The van der Waals surface area contributed by atoms with E-state index < -0.39 is 10.2 Å². The normalized spacial score (nSPS) is 16.2. The molecule has 112 valence electrons. The smallest absolute Gasteiger partial charge is 0.299 e. The van der Waals surface area contributed by atoms with Crippen LogP contribution in [0, 0.1) is 0 Å². The fourth-order valence-corrected chi connectivity index (χ4v) is 3.83. The summed E-state index contributed by atoms with van der Waals surface area (Å²) >= 11 is 0. The van der Waals surface area contributed by atoms with Crippen molar-refractivity contribution < 1.29 is 8.42 Å². The van der Waals surface area contributed by atoms with Gasteiger partial charge in [0.2, 0.25) is 0 Å². The van der Waals surface area contributed by atoms with Crippen molar-refractivity contribution >= 4 is 26.8 Å². The van der Waals surface area contributed by atoms with Gasteiger partial charge in [-0.3, -0.25) is 4.72 Å². The molecule has 0 fully saturated rings. The molecule has 2 aromatic carbocycles. The van der Waals surface area contributed by atoms with E-state index in [-0.39, 0.29) is 0 Å². The molecule has 0 radical (unpaired) electrons. The number of fused-ring (bicyclic) bond motifs is 2. The maximum absolute atomic E-state index is 11.8. The Morgan fingerprint density at radius 2 is 2.00 bits per heavy atom. The van der Waals surface area contributed by atoms with Gasteiger partial charge in [0.15, 0.2) is 0 Å². The maximum atomic E-state index is 11.8. The number of hydrogen-bond acceptors (Lipinski definition) is 2. The van der Waals surface area contributed by atoms with Crippen LogP contribution < -0.4 is 9.44 Å². The van der Waals surface area contributed by atoms with Crippen LogP contribution in [0.2, 0.25) is 0 Å². The van der Waals surface area contributed by atoms with Crippen LogP contribution in [0.5, 0.6) is 0 Å². The Morgan fingerprint density at radius 3 is 2.86 bits per heavy atom. The number of anilines is 1. The number of rotatable bonds is 1. The Labute approximate surface area is 128 Å². The minimum atomic E-state index is -3.47. The van der Waals surface area contributed by atoms with Crippen LogP contribution in [0.15, 0.2) is 48.7 Å². The van der Waals surface area contributed by atoms with Crippen LogP contribution in [0.4, 0.5) is 5.69 Å². The van der Waals surface area contributed by atoms with Crippen molar-refractivity contribution in [2.75, 3.05) is 4.72 Å². The first-order valence-corrected chi connectivity index (χ1v) is 8.46. The molecular formula is C16H15N3O2S. The molecule has 0 aliphatic carbocycles. The van der Waals surface area contributed by atoms with E-state index in [1.165, 1.54) is 0 Å². The zero-order valence-electron chi connectivity index (χ0n) is 12.0. The number of nitrogens with one attached hydrogen (secondary N) is 2. The Kier molecular flexibility index (Phi) is 2.79. The molecule has 2 heterocycles. The fourth-order valence-electron chi connectivity index (χ4n) is 2.90. The topological polar surface area (TPSA) is 63.1 Å². The third-order valence-electron chi connectivity index (χ3n) is 4.04. The molecule has 22 heavy (non-hydrogen) atoms. The third-order valence-corrected chi connectivity index (χ3v) is 5.03. The quantitative estimate of drug-likeness (QED) is 0.725. The van der Waals surface area contributed by atoms with E-state index in [0.29, 0.717) is 12.2 Å². The lowest BCUT2D eigenvalue weighted by molar-refractivity contribution is 0.584. The van der Waals surface area contributed by atoms with Crippen molar-refractivity contribution in [3.63, 3.8) is 0 Å². The summed E-state index contributed by atoms with van der Waals surface area (Å²) in [6.45, 7) is 0.312. The fraction of sp³-hybridized carbons (Fsp3) is 0.125. The molecule has 1 aromatic heterocycles. The Morgan fingerprint density at radius 1 is 1.14 bits per heavy atom. The summed E-state index contributed by atoms with van der Waals surface area (Å²) in [6.07, 6.45) is 2.02. The van der Waals surface area contributed by atoms with Crippen molar-refractivity contribution in [1.82, 2.24) is 9.29 Å². The first kappa shape index (κ1) is 13.4. The summed E-state index contributed by atoms with van der Waals surface area (Å²) in [4.78, 5) is 0. The SMILES string of the molecule is Cn1ccc2cc(-c3cccc4c3NS(=O)(=O)NC4)ccc21. The molecule has 0 saturated heterocycles. The predicted molar refractivity (Wildman–Crippen MR) is 87.7 cm³/mol. The van der Waals surface area contributed by atoms with Crippen LogP contribution >= 0.6 is 0 Å². The minimum Gasteiger partial charge on any atom is -0.351 e. The van der Waals surface area contributed by atoms with Crippen LogP contribution in [0.25, 0.3) is 22.0 Å². The molecule has 0 unspecified atom stereocenters. The van der Waals surface area contributed by atoms with Gasteiger partial charge in [0.1, 0.15) is 0 Å². The number of para-hydroxylation sites is 1. The van der Waals surface area contributed by atoms with Gasteiger partial charge in [-0.15, -0.1) is 0 Å². The van der Waals surface area contributed by atoms with Gasteiger partial charge in [0.25, 0.3) is 10.2 Å². The average molecular weight is 313 g/mol. The molecule has 0 atom stereocenters. The van der Waals surface area contributed by atoms with E-state index in [0.717, 1.165) is 27.6 Å². The van der Waals surface area contributed by atoms with E-state index in [1.807, 2.05) is 37.5 Å². The molecule has 0 bridgehead atoms. The minimum absolute atomic E-state index is 0.312. The summed E-state index contributed by atoms with van der Waals surface area (Å²) < 4.78 is 30.7. The standard InChI is InChI=1S/C16H15N3O2S/c1-19-8-7-12-9-11(5-6-15(12)19)14-4-2-3-13-10-17-22(20,21)18-16(13)14/h2-9,17-18H,10H2,1H3. The molecule has 0 amide bonds. The first-order chi connectivity index (χ1) is 10.5. The average Bonchev–Trinajstić information content (AvgIpc) is 2.87. The molecule has 3 aromatic rings. The van der Waals surface area contributed by atoms with Gasteiger partial charge in [-0.1, -0.05) is 24.3 Å². The second kappa shape index (κ2) is 4.59. The maximum Gasteiger partial charge on any atom is 0.299 e. The van der Waals surface area contributed by atoms with Gasteiger partial charge in [0, 0.05) is 36.3 Å². The van der Waals surface area contributed by atoms with E-state index in [1.54, 1.807) is 0 Å². The Balaban J connectivity index is 1.91. The first-order valence-electron chi connectivity index (χ1n) is 6.98. The lowest BCUT2D eigenvalue weighted by Crippen LogP contribution is -2.34. The molecular weight excluding hydrogens is 298 g/mol. The monoisotopic (exact) mass is 313 g/mol. The number of aryl methyl sites for hydroxylation is 1. The number of benzene rings is 2. The van der Waals surface area contributed by atoms with E-state index >= 15 is 0 Å². The second-order valence-corrected chi connectivity index (χ2v) is 6.97. The summed E-state index contributed by atoms with van der Waals surface area (Å²) in [5, 5.41) is 1.13. The highest BCUT2D eigenvalue weighted by Gasteiger charge is 2.22. The largest absolute Gasteiger partial charge is 0.351 e. The number of hydrogen-bond donors (Lipinski definition) is 2. The Bertz CT molecular complexity index is 990. The van der Waals surface area contributed by atoms with Crippen molar-refractivity contribution in [3.8, 4) is 11.1 Å². The summed E-state index contributed by atoms with van der Waals surface area (Å²) in [5.41, 5.74) is 4.65. The third kappa shape index (κ3) is 2.08. The highest BCUT2D eigenvalue weighted by Crippen LogP contribution is 2.35. The highest BCUT2D eigenvalue weighted by molar-refractivity contribution is 7.90. The van der Waals surface area contributed by atoms with Gasteiger partial charge in [-0.25, -0.2) is 0 Å². The van der Waals surface area contributed by atoms with E-state index in [9.17, 15) is 8.42 Å². The summed E-state index contributed by atoms with van der Waals surface area (Å²) in [6, 6.07) is 14.0. The number of nitrogens with zero attached hydrogens (tertiary/aromatic N) is 1. The van der Waals surface area contributed by atoms with Crippen LogP contribution in [0.3, 0.4) is 0 Å². The lowest BCUT2D eigenvalue weighted by Gasteiger charge is -2.22. The van der Waals surface area contributed by atoms with E-state index in [4.69, 9.17) is 0 Å². The van der Waals surface area contributed by atoms with Crippen molar-refractivity contribution in [2.45, 2.75) is 6.54 Å². The molecule has 6 heteroatoms. The van der Waals surface area contributed by atoms with Gasteiger partial charge >= 0.3 is 0 Å². The van der Waals surface area contributed by atoms with Crippen LogP contribution in [-0.4, -0.2) is 13.0 Å². The predicted octanol–water partition coefficient (Wildman–Crippen LogP) is 2.61. The summed E-state index contributed by atoms with van der Waals surface area (Å²) in [5.74, 6) is 0. The number of aromatic nitrogens is 1. The molecule has 0 saturated carbocycles. The second-order valence-electron chi connectivity index (χ2n) is 5.47. The van der Waals surface area contributed by atoms with Crippen LogP contribution in [0.1, 0.15) is 5.56 Å². The molecule has 4 rings (SSSR count). The zero-order chi connectivity index (χ0) is 15.3. The van der Waals surface area contributed by atoms with Gasteiger partial charge < -0.3 is 4.57 Å². The lowest BCUT2D eigenvalue weighted by atomic mass is 9.99. The molecule has 1 aliphatic heterocycles. The highest BCUT2D eigenvalue weighted by atomic mass is 32.2. The van der Waals surface area contributed by atoms with Crippen LogP contribution in [-0.2, 0) is 23.8 Å². The van der Waals surface area contributed by atoms with Gasteiger partial charge in [-0.05, 0) is 29.3 Å².